The Kier molecular flexibility index (Phi) is 3.61. The van der Waals surface area contributed by atoms with Crippen LogP contribution in [0.25, 0.3) is 0 Å². The lowest BCUT2D eigenvalue weighted by atomic mass is 10.2. The second-order valence-corrected chi connectivity index (χ2v) is 4.53. The topological polar surface area (TPSA) is 0 Å². The quantitative estimate of drug-likeness (QED) is 0.516. The van der Waals surface area contributed by atoms with Gasteiger partial charge in [-0.3, -0.25) is 0 Å². The number of hydrogen-bond donors (Lipinski definition) is 0. The van der Waals surface area contributed by atoms with Gasteiger partial charge in [0.25, 0.3) is 0 Å². The van der Waals surface area contributed by atoms with Gasteiger partial charge in [-0.15, -0.1) is 11.8 Å². The van der Waals surface area contributed by atoms with Crippen molar-refractivity contribution in [3.05, 3.63) is 41.5 Å². The molecule has 0 saturated heterocycles. The fraction of sp³-hybridized carbons (Fsp3) is 0.333. The van der Waals surface area contributed by atoms with Gasteiger partial charge in [0.1, 0.15) is 0 Å². The molecule has 1 aromatic rings. The van der Waals surface area contributed by atoms with Gasteiger partial charge in [-0.25, -0.2) is 0 Å². The largest absolute Gasteiger partial charge is 0.121 e. The molecule has 0 fully saturated rings. The van der Waals surface area contributed by atoms with E-state index in [1.807, 2.05) is 11.8 Å². The van der Waals surface area contributed by atoms with Crippen LogP contribution in [0, 0.1) is 13.8 Å². The molecule has 0 atom stereocenters. The van der Waals surface area contributed by atoms with Crippen LogP contribution in [0.3, 0.4) is 0 Å². The molecule has 0 heterocycles. The highest BCUT2D eigenvalue weighted by Gasteiger charge is 1.98. The van der Waals surface area contributed by atoms with Gasteiger partial charge in [0.2, 0.25) is 0 Å². The highest BCUT2D eigenvalue weighted by atomic mass is 32.2. The molecule has 0 aromatic heterocycles. The number of thioether (sulfide) groups is 1. The van der Waals surface area contributed by atoms with Crippen molar-refractivity contribution in [3.8, 4) is 0 Å². The Hall–Kier alpha value is -0.690. The average Bonchev–Trinajstić information content (AvgIpc) is 2.02. The molecule has 0 spiro atoms. The summed E-state index contributed by atoms with van der Waals surface area (Å²) < 4.78 is 0. The van der Waals surface area contributed by atoms with Crippen LogP contribution >= 0.6 is 11.8 Å². The Bertz CT molecular complexity index is 313. The predicted octanol–water partition coefficient (Wildman–Crippen LogP) is 3.97. The highest BCUT2D eigenvalue weighted by molar-refractivity contribution is 7.99. The maximum Gasteiger partial charge on any atom is 0.0185 e. The lowest BCUT2D eigenvalue weighted by molar-refractivity contribution is 1.26. The molecular weight excluding hydrogens is 176 g/mol. The summed E-state index contributed by atoms with van der Waals surface area (Å²) in [7, 11) is 0. The Balaban J connectivity index is 2.72. The van der Waals surface area contributed by atoms with Gasteiger partial charge < -0.3 is 0 Å². The molecule has 0 amide bonds. The first kappa shape index (κ1) is 10.4. The standard InChI is InChI=1S/C12H16S/c1-9(2)8-13-12-6-5-10(3)7-11(12)4/h5-7H,1,8H2,2-4H3. The van der Waals surface area contributed by atoms with E-state index < -0.39 is 0 Å². The summed E-state index contributed by atoms with van der Waals surface area (Å²) >= 11 is 1.86. The Morgan fingerprint density at radius 1 is 1.38 bits per heavy atom. The zero-order chi connectivity index (χ0) is 9.84. The molecule has 0 unspecified atom stereocenters. The Labute approximate surface area is 85.1 Å². The van der Waals surface area contributed by atoms with Gasteiger partial charge in [-0.2, -0.15) is 0 Å². The zero-order valence-corrected chi connectivity index (χ0v) is 9.37. The van der Waals surface area contributed by atoms with Gasteiger partial charge in [0.05, 0.1) is 0 Å². The lowest BCUT2D eigenvalue weighted by Gasteiger charge is -2.05. The first-order valence-electron chi connectivity index (χ1n) is 4.44. The molecule has 13 heavy (non-hydrogen) atoms. The normalized spacial score (nSPS) is 10.1. The number of hydrogen-bond acceptors (Lipinski definition) is 1. The molecule has 1 heteroatoms. The minimum atomic E-state index is 1.02. The number of benzene rings is 1. The van der Waals surface area contributed by atoms with Crippen molar-refractivity contribution >= 4 is 11.8 Å². The second-order valence-electron chi connectivity index (χ2n) is 3.51. The Morgan fingerprint density at radius 2 is 2.08 bits per heavy atom. The van der Waals surface area contributed by atoms with Crippen LogP contribution in [0.15, 0.2) is 35.2 Å². The molecule has 70 valence electrons. The number of rotatable bonds is 3. The fourth-order valence-corrected chi connectivity index (χ4v) is 2.01. The molecule has 0 aliphatic heterocycles. The lowest BCUT2D eigenvalue weighted by Crippen LogP contribution is -1.84. The summed E-state index contributed by atoms with van der Waals surface area (Å²) in [6.45, 7) is 10.2. The van der Waals surface area contributed by atoms with Crippen molar-refractivity contribution in [1.82, 2.24) is 0 Å². The molecule has 1 rings (SSSR count). The van der Waals surface area contributed by atoms with E-state index in [0.29, 0.717) is 0 Å². The van der Waals surface area contributed by atoms with Crippen molar-refractivity contribution in [2.45, 2.75) is 25.7 Å². The third kappa shape index (κ3) is 3.27. The van der Waals surface area contributed by atoms with E-state index in [9.17, 15) is 0 Å². The van der Waals surface area contributed by atoms with E-state index in [2.05, 4.69) is 45.5 Å². The highest BCUT2D eigenvalue weighted by Crippen LogP contribution is 2.24. The van der Waals surface area contributed by atoms with Gasteiger partial charge >= 0.3 is 0 Å². The van der Waals surface area contributed by atoms with E-state index >= 15 is 0 Å². The second kappa shape index (κ2) is 4.52. The summed E-state index contributed by atoms with van der Waals surface area (Å²) in [5.74, 6) is 1.02. The third-order valence-corrected chi connectivity index (χ3v) is 3.21. The maximum absolute atomic E-state index is 3.90. The van der Waals surface area contributed by atoms with Crippen molar-refractivity contribution in [2.24, 2.45) is 0 Å². The molecule has 0 aliphatic carbocycles. The summed E-state index contributed by atoms with van der Waals surface area (Å²) in [6, 6.07) is 6.58. The Morgan fingerprint density at radius 3 is 2.62 bits per heavy atom. The van der Waals surface area contributed by atoms with E-state index in [0.717, 1.165) is 5.75 Å². The van der Waals surface area contributed by atoms with Crippen molar-refractivity contribution in [2.75, 3.05) is 5.75 Å². The van der Waals surface area contributed by atoms with Crippen LogP contribution in [0.4, 0.5) is 0 Å². The van der Waals surface area contributed by atoms with Gasteiger partial charge in [0, 0.05) is 10.6 Å². The SMILES string of the molecule is C=C(C)CSc1ccc(C)cc1C. The molecule has 0 nitrogen and oxygen atoms in total. The first-order valence-corrected chi connectivity index (χ1v) is 5.42. The van der Waals surface area contributed by atoms with Crippen LogP contribution in [-0.4, -0.2) is 5.75 Å². The summed E-state index contributed by atoms with van der Waals surface area (Å²) in [5, 5.41) is 0. The number of aryl methyl sites for hydroxylation is 2. The van der Waals surface area contributed by atoms with E-state index in [-0.39, 0.29) is 0 Å². The molecule has 0 bridgehead atoms. The third-order valence-electron chi connectivity index (χ3n) is 1.80. The molecule has 0 N–H and O–H groups in total. The molecular formula is C12H16S. The van der Waals surface area contributed by atoms with Crippen molar-refractivity contribution in [3.63, 3.8) is 0 Å². The van der Waals surface area contributed by atoms with Crippen molar-refractivity contribution in [1.29, 1.82) is 0 Å². The fourth-order valence-electron chi connectivity index (χ4n) is 1.16. The predicted molar refractivity (Wildman–Crippen MR) is 61.5 cm³/mol. The molecule has 0 aliphatic rings. The molecule has 0 saturated carbocycles. The maximum atomic E-state index is 3.90. The van der Waals surface area contributed by atoms with Crippen LogP contribution in [0.1, 0.15) is 18.1 Å². The van der Waals surface area contributed by atoms with Crippen LogP contribution in [0.5, 0.6) is 0 Å². The molecule has 1 aromatic carbocycles. The van der Waals surface area contributed by atoms with Gasteiger partial charge in [-0.1, -0.05) is 29.8 Å². The van der Waals surface area contributed by atoms with E-state index in [1.54, 1.807) is 0 Å². The average molecular weight is 192 g/mol. The van der Waals surface area contributed by atoms with E-state index in [4.69, 9.17) is 0 Å². The van der Waals surface area contributed by atoms with Gasteiger partial charge in [0.15, 0.2) is 0 Å². The van der Waals surface area contributed by atoms with Crippen LogP contribution < -0.4 is 0 Å². The van der Waals surface area contributed by atoms with Crippen molar-refractivity contribution < 1.29 is 0 Å². The van der Waals surface area contributed by atoms with Gasteiger partial charge in [-0.05, 0) is 32.4 Å². The zero-order valence-electron chi connectivity index (χ0n) is 8.55. The van der Waals surface area contributed by atoms with Crippen LogP contribution in [-0.2, 0) is 0 Å². The summed E-state index contributed by atoms with van der Waals surface area (Å²) in [4.78, 5) is 1.37. The summed E-state index contributed by atoms with van der Waals surface area (Å²) in [6.07, 6.45) is 0. The van der Waals surface area contributed by atoms with E-state index in [1.165, 1.54) is 21.6 Å². The van der Waals surface area contributed by atoms with Crippen LogP contribution in [0.2, 0.25) is 0 Å². The monoisotopic (exact) mass is 192 g/mol. The summed E-state index contributed by atoms with van der Waals surface area (Å²) in [5.41, 5.74) is 3.92. The first-order chi connectivity index (χ1) is 6.09. The smallest absolute Gasteiger partial charge is 0.0185 e. The molecule has 0 radical (unpaired) electrons. The minimum Gasteiger partial charge on any atom is -0.121 e. The minimum absolute atomic E-state index is 1.02.